The van der Waals surface area contributed by atoms with Crippen molar-refractivity contribution in [2.24, 2.45) is 0 Å². The molecule has 2 heterocycles. The molecule has 0 saturated carbocycles. The Labute approximate surface area is 337 Å². The molecule has 1 fully saturated rings. The zero-order chi connectivity index (χ0) is 39.0. The predicted molar refractivity (Wildman–Crippen MR) is 188 cm³/mol. The van der Waals surface area contributed by atoms with Gasteiger partial charge in [0.05, 0.1) is 56.1 Å². The maximum Gasteiger partial charge on any atom is 1.00 e. The van der Waals surface area contributed by atoms with E-state index in [1.807, 2.05) is 36.9 Å². The van der Waals surface area contributed by atoms with Crippen molar-refractivity contribution in [3.05, 3.63) is 94.8 Å². The molecule has 1 aliphatic rings. The van der Waals surface area contributed by atoms with Gasteiger partial charge in [0, 0.05) is 37.7 Å². The quantitative estimate of drug-likeness (QED) is 0.0970. The number of ether oxygens (including phenoxy) is 3. The molecule has 1 aromatic heterocycles. The predicted octanol–water partition coefficient (Wildman–Crippen LogP) is 4.66. The summed E-state index contributed by atoms with van der Waals surface area (Å²) in [7, 11) is 1.53. The van der Waals surface area contributed by atoms with E-state index in [0.717, 1.165) is 5.56 Å². The van der Waals surface area contributed by atoms with E-state index in [-0.39, 0.29) is 72.6 Å². The van der Waals surface area contributed by atoms with Crippen LogP contribution in [0, 0.1) is 0 Å². The van der Waals surface area contributed by atoms with Crippen LogP contribution < -0.4 is 53.9 Å². The van der Waals surface area contributed by atoms with Crippen LogP contribution in [0.25, 0.3) is 11.1 Å². The molecule has 0 unspecified atom stereocenters. The molecule has 0 atom stereocenters. The van der Waals surface area contributed by atoms with E-state index >= 15 is 0 Å². The number of morpholine rings is 1. The van der Waals surface area contributed by atoms with Gasteiger partial charge < -0.3 is 33.9 Å². The van der Waals surface area contributed by atoms with E-state index in [9.17, 15) is 36.2 Å². The number of aliphatic carboxylic acids is 1. The molecule has 0 spiro atoms. The number of methoxy groups -OCH3 is 1. The second kappa shape index (κ2) is 19.2. The standard InChI is InChI=1S/C39H42F6N4O5.Na/c1-25(2)27-7-10-35(52-3)34(19-27)33-9-8-32(54-13-5-4-6-36(50)51)18-28(33)24-49(37-46-21-31(22-47-37)48-11-14-53-15-12-48)23-26-16-29(38(40,41)42)20-30(17-26)39(43,44)45;/h7-10,16-22,25H,4-6,11-15,23-24H2,1-3H3,(H,50,51);/q;+1/p-1. The van der Waals surface area contributed by atoms with Gasteiger partial charge >= 0.3 is 41.9 Å². The third kappa shape index (κ3) is 12.0. The number of hydrogen-bond acceptors (Lipinski definition) is 9. The van der Waals surface area contributed by atoms with Gasteiger partial charge in [0.25, 0.3) is 0 Å². The van der Waals surface area contributed by atoms with Crippen LogP contribution in [0.4, 0.5) is 38.0 Å². The van der Waals surface area contributed by atoms with Gasteiger partial charge in [0.15, 0.2) is 0 Å². The number of carboxylic acids is 1. The van der Waals surface area contributed by atoms with Crippen LogP contribution in [0.2, 0.25) is 0 Å². The van der Waals surface area contributed by atoms with E-state index in [1.54, 1.807) is 30.6 Å². The number of carbonyl (C=O) groups excluding carboxylic acids is 1. The molecule has 0 radical (unpaired) electrons. The number of nitrogens with zero attached hydrogens (tertiary/aromatic N) is 4. The van der Waals surface area contributed by atoms with E-state index < -0.39 is 36.0 Å². The summed E-state index contributed by atoms with van der Waals surface area (Å²) in [5.41, 5.74) is 0.555. The van der Waals surface area contributed by atoms with Crippen molar-refractivity contribution in [1.29, 1.82) is 0 Å². The maximum atomic E-state index is 13.9. The smallest absolute Gasteiger partial charge is 0.550 e. The number of carboxylic acid groups (broad SMARTS) is 1. The molecular weight excluding hydrogens is 741 g/mol. The van der Waals surface area contributed by atoms with Crippen LogP contribution in [0.5, 0.6) is 11.5 Å². The monoisotopic (exact) mass is 782 g/mol. The van der Waals surface area contributed by atoms with Crippen molar-refractivity contribution in [1.82, 2.24) is 9.97 Å². The van der Waals surface area contributed by atoms with E-state index in [2.05, 4.69) is 9.97 Å². The van der Waals surface area contributed by atoms with Crippen LogP contribution in [-0.2, 0) is 35.0 Å². The topological polar surface area (TPSA) is 100 Å². The minimum atomic E-state index is -5.03. The fourth-order valence-electron chi connectivity index (χ4n) is 6.11. The zero-order valence-corrected chi connectivity index (χ0v) is 33.1. The van der Waals surface area contributed by atoms with Crippen LogP contribution in [0.15, 0.2) is 67.0 Å². The van der Waals surface area contributed by atoms with Crippen LogP contribution in [-0.4, -0.2) is 56.0 Å². The minimum absolute atomic E-state index is 0. The third-order valence-electron chi connectivity index (χ3n) is 8.97. The summed E-state index contributed by atoms with van der Waals surface area (Å²) in [5.74, 6) is 0.0217. The summed E-state index contributed by atoms with van der Waals surface area (Å²) < 4.78 is 101. The number of unbranched alkanes of at least 4 members (excludes halogenated alkanes) is 1. The van der Waals surface area contributed by atoms with Crippen LogP contribution in [0.3, 0.4) is 0 Å². The minimum Gasteiger partial charge on any atom is -0.550 e. The van der Waals surface area contributed by atoms with Crippen molar-refractivity contribution in [2.45, 2.75) is 64.5 Å². The Morgan fingerprint density at radius 2 is 1.55 bits per heavy atom. The summed E-state index contributed by atoms with van der Waals surface area (Å²) in [6.45, 7) is 5.98. The molecule has 0 bridgehead atoms. The van der Waals surface area contributed by atoms with Gasteiger partial charge in [-0.15, -0.1) is 0 Å². The van der Waals surface area contributed by atoms with Crippen molar-refractivity contribution in [3.8, 4) is 22.6 Å². The van der Waals surface area contributed by atoms with E-state index in [0.29, 0.717) is 85.2 Å². The van der Waals surface area contributed by atoms with Crippen LogP contribution >= 0.6 is 0 Å². The Morgan fingerprint density at radius 1 is 0.891 bits per heavy atom. The average Bonchev–Trinajstić information content (AvgIpc) is 3.13. The fraction of sp³-hybridized carbons (Fsp3) is 0.410. The molecule has 0 aliphatic carbocycles. The molecule has 290 valence electrons. The largest absolute Gasteiger partial charge is 1.00 e. The molecule has 9 nitrogen and oxygen atoms in total. The molecule has 0 N–H and O–H groups in total. The number of rotatable bonds is 15. The Bertz CT molecular complexity index is 1850. The second-order valence-corrected chi connectivity index (χ2v) is 13.2. The number of alkyl halides is 6. The first-order valence-corrected chi connectivity index (χ1v) is 17.4. The number of anilines is 2. The van der Waals surface area contributed by atoms with Crippen molar-refractivity contribution in [3.63, 3.8) is 0 Å². The number of hydrogen-bond donors (Lipinski definition) is 0. The first-order valence-electron chi connectivity index (χ1n) is 17.4. The van der Waals surface area contributed by atoms with Gasteiger partial charge in [-0.1, -0.05) is 26.0 Å². The number of benzene rings is 3. The molecule has 1 saturated heterocycles. The summed E-state index contributed by atoms with van der Waals surface area (Å²) in [5, 5.41) is 10.9. The van der Waals surface area contributed by atoms with Crippen molar-refractivity contribution >= 4 is 17.6 Å². The SMILES string of the molecule is COc1ccc(C(C)C)cc1-c1ccc(OCCCCC(=O)[O-])cc1CN(Cc1cc(C(F)(F)F)cc(C(F)(F)F)c1)c1ncc(N2CCOCC2)cn1.[Na+]. The van der Waals surface area contributed by atoms with Gasteiger partial charge in [-0.2, -0.15) is 26.3 Å². The maximum absolute atomic E-state index is 13.9. The van der Waals surface area contributed by atoms with Gasteiger partial charge in [0.1, 0.15) is 11.5 Å². The van der Waals surface area contributed by atoms with Crippen LogP contribution in [0.1, 0.15) is 66.8 Å². The Balaban J connectivity index is 0.00000673. The fourth-order valence-corrected chi connectivity index (χ4v) is 6.11. The molecule has 55 heavy (non-hydrogen) atoms. The molecule has 1 aliphatic heterocycles. The summed E-state index contributed by atoms with van der Waals surface area (Å²) in [6.07, 6.45) is -6.28. The number of aromatic nitrogens is 2. The molecule has 3 aromatic carbocycles. The Kier molecular flexibility index (Phi) is 15.2. The molecule has 4 aromatic rings. The number of carbonyl (C=O) groups is 1. The van der Waals surface area contributed by atoms with Gasteiger partial charge in [-0.25, -0.2) is 9.97 Å². The molecule has 16 heteroatoms. The zero-order valence-electron chi connectivity index (χ0n) is 31.1. The van der Waals surface area contributed by atoms with Crippen molar-refractivity contribution < 1.29 is 80.0 Å². The first kappa shape index (κ1) is 43.7. The summed E-state index contributed by atoms with van der Waals surface area (Å²) >= 11 is 0. The van der Waals surface area contributed by atoms with Gasteiger partial charge in [0.2, 0.25) is 5.95 Å². The third-order valence-corrected chi connectivity index (χ3v) is 8.97. The average molecular weight is 783 g/mol. The molecular formula is C39H41F6N4NaO5. The summed E-state index contributed by atoms with van der Waals surface area (Å²) in [6, 6.07) is 12.5. The Morgan fingerprint density at radius 3 is 2.13 bits per heavy atom. The van der Waals surface area contributed by atoms with E-state index in [1.165, 1.54) is 12.0 Å². The van der Waals surface area contributed by atoms with E-state index in [4.69, 9.17) is 14.2 Å². The van der Waals surface area contributed by atoms with Crippen molar-refractivity contribution in [2.75, 3.05) is 49.8 Å². The molecule has 0 amide bonds. The normalized spacial score (nSPS) is 13.4. The van der Waals surface area contributed by atoms with Gasteiger partial charge in [-0.3, -0.25) is 0 Å². The first-order chi connectivity index (χ1) is 25.6. The second-order valence-electron chi connectivity index (χ2n) is 13.2. The van der Waals surface area contributed by atoms with Gasteiger partial charge in [-0.05, 0) is 89.9 Å². The number of halogens is 6. The molecule has 5 rings (SSSR count). The Hall–Kier alpha value is -4.05. The summed E-state index contributed by atoms with van der Waals surface area (Å²) in [4.78, 5) is 23.5.